The fourth-order valence-electron chi connectivity index (χ4n) is 3.18. The van der Waals surface area contributed by atoms with Crippen molar-refractivity contribution in [2.75, 3.05) is 0 Å². The topological polar surface area (TPSA) is 41.5 Å². The highest BCUT2D eigenvalue weighted by Gasteiger charge is 2.65. The normalized spacial score (nSPS) is 29.9. The number of carbonyl (C=O) groups is 1. The van der Waals surface area contributed by atoms with Crippen molar-refractivity contribution in [3.8, 4) is 0 Å². The van der Waals surface area contributed by atoms with E-state index in [0.29, 0.717) is 0 Å². The van der Waals surface area contributed by atoms with Crippen LogP contribution in [0.2, 0.25) is 0 Å². The molecule has 3 nitrogen and oxygen atoms in total. The fraction of sp³-hybridized carbons (Fsp3) is 0.125. The molecule has 20 heavy (non-hydrogen) atoms. The number of carbonyl (C=O) groups excluding carboxylic acids is 1. The molecule has 0 aromatic heterocycles. The van der Waals surface area contributed by atoms with Gasteiger partial charge in [0.05, 0.1) is 0 Å². The Kier molecular flexibility index (Phi) is 2.25. The summed E-state index contributed by atoms with van der Waals surface area (Å²) in [5.74, 6) is 0.0497. The Balaban J connectivity index is 2.05. The minimum atomic E-state index is -0.891. The molecule has 0 radical (unpaired) electrons. The van der Waals surface area contributed by atoms with Crippen LogP contribution in [0.3, 0.4) is 0 Å². The van der Waals surface area contributed by atoms with Crippen LogP contribution in [0, 0.1) is 0 Å². The molecule has 1 heterocycles. The number of alkyl halides is 1. The first kappa shape index (κ1) is 11.9. The molecule has 1 aliphatic carbocycles. The van der Waals surface area contributed by atoms with Crippen molar-refractivity contribution >= 4 is 27.9 Å². The summed E-state index contributed by atoms with van der Waals surface area (Å²) in [6.07, 6.45) is 1.78. The van der Waals surface area contributed by atoms with Crippen LogP contribution in [-0.2, 0) is 9.86 Å². The van der Waals surface area contributed by atoms with Crippen LogP contribution in [0.25, 0.3) is 0 Å². The van der Waals surface area contributed by atoms with Gasteiger partial charge in [-0.3, -0.25) is 10.2 Å². The largest absolute Gasteiger partial charge is 0.291 e. The summed E-state index contributed by atoms with van der Waals surface area (Å²) < 4.78 is -0.630. The highest BCUT2D eigenvalue weighted by atomic mass is 79.9. The second-order valence-corrected chi connectivity index (χ2v) is 6.32. The zero-order valence-electron chi connectivity index (χ0n) is 10.5. The van der Waals surface area contributed by atoms with E-state index in [1.165, 1.54) is 0 Å². The second kappa shape index (κ2) is 3.79. The predicted molar refractivity (Wildman–Crippen MR) is 81.1 cm³/mol. The zero-order valence-corrected chi connectivity index (χ0v) is 12.1. The van der Waals surface area contributed by atoms with E-state index in [0.717, 1.165) is 16.7 Å². The average Bonchev–Trinajstić information content (AvgIpc) is 2.94. The number of fused-ring (bicyclic) bond motifs is 3. The number of nitrogens with zero attached hydrogens (tertiary/aromatic N) is 1. The average molecular weight is 327 g/mol. The maximum absolute atomic E-state index is 13.0. The SMILES string of the molecule is O=C1c2ccccc2[C@]2(Br)C=NN[C@]12c1ccccc1. The molecule has 98 valence electrons. The molecule has 2 aliphatic rings. The Morgan fingerprint density at radius 3 is 2.50 bits per heavy atom. The third-order valence-electron chi connectivity index (χ3n) is 4.13. The highest BCUT2D eigenvalue weighted by molar-refractivity contribution is 9.10. The van der Waals surface area contributed by atoms with Gasteiger partial charge in [0.2, 0.25) is 0 Å². The lowest BCUT2D eigenvalue weighted by molar-refractivity contribution is 0.0868. The molecule has 0 saturated heterocycles. The molecule has 2 aromatic carbocycles. The summed E-state index contributed by atoms with van der Waals surface area (Å²) in [7, 11) is 0. The monoisotopic (exact) mass is 326 g/mol. The van der Waals surface area contributed by atoms with Gasteiger partial charge in [0.25, 0.3) is 0 Å². The number of ketones is 1. The molecule has 0 amide bonds. The summed E-state index contributed by atoms with van der Waals surface area (Å²) in [4.78, 5) is 13.0. The predicted octanol–water partition coefficient (Wildman–Crippen LogP) is 2.96. The number of halogens is 1. The van der Waals surface area contributed by atoms with Crippen LogP contribution in [0.5, 0.6) is 0 Å². The molecule has 1 aliphatic heterocycles. The Morgan fingerprint density at radius 1 is 1.00 bits per heavy atom. The van der Waals surface area contributed by atoms with Gasteiger partial charge in [0, 0.05) is 11.8 Å². The molecule has 0 fully saturated rings. The van der Waals surface area contributed by atoms with Crippen LogP contribution >= 0.6 is 15.9 Å². The molecule has 2 aromatic rings. The van der Waals surface area contributed by atoms with Gasteiger partial charge >= 0.3 is 0 Å². The number of Topliss-reactive ketones (excluding diaryl/α,β-unsaturated/α-hetero) is 1. The standard InChI is InChI=1S/C16H11BrN2O/c17-15-10-18-19-16(15,11-6-2-1-3-7-11)14(20)12-8-4-5-9-13(12)15/h1-10,19H/t15-,16-/m1/s1. The van der Waals surface area contributed by atoms with Gasteiger partial charge in [0.15, 0.2) is 11.3 Å². The highest BCUT2D eigenvalue weighted by Crippen LogP contribution is 2.56. The van der Waals surface area contributed by atoms with Gasteiger partial charge in [-0.1, -0.05) is 70.5 Å². The molecule has 0 bridgehead atoms. The first-order valence-corrected chi connectivity index (χ1v) is 7.19. The van der Waals surface area contributed by atoms with E-state index in [4.69, 9.17) is 0 Å². The van der Waals surface area contributed by atoms with E-state index >= 15 is 0 Å². The van der Waals surface area contributed by atoms with Crippen LogP contribution in [0.1, 0.15) is 21.5 Å². The minimum Gasteiger partial charge on any atom is -0.291 e. The third-order valence-corrected chi connectivity index (χ3v) is 5.36. The first-order valence-electron chi connectivity index (χ1n) is 6.40. The number of benzene rings is 2. The van der Waals surface area contributed by atoms with Crippen molar-refractivity contribution < 1.29 is 4.79 Å². The number of hydrogen-bond donors (Lipinski definition) is 1. The Morgan fingerprint density at radius 2 is 1.70 bits per heavy atom. The smallest absolute Gasteiger partial charge is 0.196 e. The van der Waals surface area contributed by atoms with Crippen molar-refractivity contribution in [3.63, 3.8) is 0 Å². The number of nitrogens with one attached hydrogen (secondary N) is 1. The van der Waals surface area contributed by atoms with E-state index in [1.807, 2.05) is 54.6 Å². The van der Waals surface area contributed by atoms with Crippen molar-refractivity contribution in [1.29, 1.82) is 0 Å². The van der Waals surface area contributed by atoms with Gasteiger partial charge in [-0.2, -0.15) is 5.10 Å². The van der Waals surface area contributed by atoms with E-state index in [1.54, 1.807) is 6.21 Å². The number of rotatable bonds is 1. The Bertz CT molecular complexity index is 743. The Labute approximate surface area is 124 Å². The molecule has 1 N–H and O–H groups in total. The van der Waals surface area contributed by atoms with Gasteiger partial charge in [-0.15, -0.1) is 0 Å². The molecule has 4 rings (SSSR count). The summed E-state index contributed by atoms with van der Waals surface area (Å²) in [5.41, 5.74) is 4.78. The fourth-order valence-corrected chi connectivity index (χ4v) is 4.12. The summed E-state index contributed by atoms with van der Waals surface area (Å²) in [5, 5.41) is 4.19. The van der Waals surface area contributed by atoms with Gasteiger partial charge < -0.3 is 0 Å². The molecule has 0 saturated carbocycles. The lowest BCUT2D eigenvalue weighted by atomic mass is 9.80. The minimum absolute atomic E-state index is 0.0497. The molecule has 4 heteroatoms. The maximum atomic E-state index is 13.0. The summed E-state index contributed by atoms with van der Waals surface area (Å²) in [6.45, 7) is 0. The summed E-state index contributed by atoms with van der Waals surface area (Å²) in [6, 6.07) is 17.4. The van der Waals surface area contributed by atoms with Crippen molar-refractivity contribution in [2.24, 2.45) is 5.10 Å². The van der Waals surface area contributed by atoms with E-state index in [2.05, 4.69) is 26.5 Å². The number of hydrazone groups is 1. The van der Waals surface area contributed by atoms with Crippen LogP contribution in [-0.4, -0.2) is 12.0 Å². The molecular formula is C16H11BrN2O. The molecule has 0 spiro atoms. The first-order chi connectivity index (χ1) is 9.70. The van der Waals surface area contributed by atoms with Gasteiger partial charge in [-0.25, -0.2) is 0 Å². The molecule has 0 unspecified atom stereocenters. The van der Waals surface area contributed by atoms with E-state index < -0.39 is 9.86 Å². The van der Waals surface area contributed by atoms with E-state index in [-0.39, 0.29) is 5.78 Å². The van der Waals surface area contributed by atoms with Crippen molar-refractivity contribution in [3.05, 3.63) is 71.3 Å². The van der Waals surface area contributed by atoms with Crippen molar-refractivity contribution in [1.82, 2.24) is 5.43 Å². The third kappa shape index (κ3) is 1.16. The lowest BCUT2D eigenvalue weighted by Crippen LogP contribution is -2.51. The van der Waals surface area contributed by atoms with Gasteiger partial charge in [-0.05, 0) is 11.1 Å². The van der Waals surface area contributed by atoms with Gasteiger partial charge in [0.1, 0.15) is 4.32 Å². The zero-order chi connectivity index (χ0) is 13.8. The van der Waals surface area contributed by atoms with Crippen LogP contribution in [0.4, 0.5) is 0 Å². The van der Waals surface area contributed by atoms with E-state index in [9.17, 15) is 4.79 Å². The van der Waals surface area contributed by atoms with Crippen LogP contribution in [0.15, 0.2) is 59.7 Å². The second-order valence-electron chi connectivity index (χ2n) is 5.07. The number of hydrogen-bond acceptors (Lipinski definition) is 3. The van der Waals surface area contributed by atoms with Crippen molar-refractivity contribution in [2.45, 2.75) is 9.86 Å². The quantitative estimate of drug-likeness (QED) is 0.818. The van der Waals surface area contributed by atoms with Crippen LogP contribution < -0.4 is 5.43 Å². The lowest BCUT2D eigenvalue weighted by Gasteiger charge is -2.33. The molecule has 2 atom stereocenters. The Hall–Kier alpha value is -1.94. The summed E-state index contributed by atoms with van der Waals surface area (Å²) >= 11 is 3.77. The molecular weight excluding hydrogens is 316 g/mol. The maximum Gasteiger partial charge on any atom is 0.196 e.